The topological polar surface area (TPSA) is 72.7 Å². The molecular formula is C22H18ClN5OS. The molecule has 0 fully saturated rings. The minimum Gasteiger partial charge on any atom is -0.324 e. The van der Waals surface area contributed by atoms with Crippen molar-refractivity contribution >= 4 is 35.0 Å². The number of carbonyl (C=O) groups excluding carboxylic acids is 1. The number of aromatic nitrogens is 4. The van der Waals surface area contributed by atoms with Gasteiger partial charge in [0.2, 0.25) is 5.91 Å². The molecule has 0 spiro atoms. The van der Waals surface area contributed by atoms with Crippen molar-refractivity contribution in [3.8, 4) is 17.1 Å². The van der Waals surface area contributed by atoms with Crippen molar-refractivity contribution < 1.29 is 4.79 Å². The Bertz CT molecular complexity index is 1160. The van der Waals surface area contributed by atoms with Crippen molar-refractivity contribution in [2.75, 3.05) is 11.1 Å². The summed E-state index contributed by atoms with van der Waals surface area (Å²) < 4.78 is 1.94. The lowest BCUT2D eigenvalue weighted by Crippen LogP contribution is -2.15. The van der Waals surface area contributed by atoms with Gasteiger partial charge in [0.05, 0.1) is 16.5 Å². The highest BCUT2D eigenvalue weighted by atomic mass is 35.5. The van der Waals surface area contributed by atoms with Gasteiger partial charge in [-0.15, -0.1) is 10.2 Å². The summed E-state index contributed by atoms with van der Waals surface area (Å²) in [5.41, 5.74) is 3.43. The quantitative estimate of drug-likeness (QED) is 0.430. The molecule has 0 saturated carbocycles. The summed E-state index contributed by atoms with van der Waals surface area (Å²) in [4.78, 5) is 16.6. The molecule has 30 heavy (non-hydrogen) atoms. The summed E-state index contributed by atoms with van der Waals surface area (Å²) in [7, 11) is 0. The molecule has 4 rings (SSSR count). The molecule has 0 aliphatic rings. The largest absolute Gasteiger partial charge is 0.324 e. The monoisotopic (exact) mass is 435 g/mol. The van der Waals surface area contributed by atoms with E-state index in [-0.39, 0.29) is 11.7 Å². The molecule has 1 amide bonds. The summed E-state index contributed by atoms with van der Waals surface area (Å²) in [6.07, 6.45) is 3.43. The molecule has 1 N–H and O–H groups in total. The number of nitrogens with one attached hydrogen (secondary N) is 1. The Morgan fingerprint density at radius 3 is 2.57 bits per heavy atom. The van der Waals surface area contributed by atoms with E-state index < -0.39 is 0 Å². The number of benzene rings is 2. The molecule has 2 heterocycles. The van der Waals surface area contributed by atoms with Gasteiger partial charge in [-0.25, -0.2) is 0 Å². The lowest BCUT2D eigenvalue weighted by Gasteiger charge is -2.11. The summed E-state index contributed by atoms with van der Waals surface area (Å²) in [5.74, 6) is 0.692. The van der Waals surface area contributed by atoms with E-state index in [0.29, 0.717) is 21.7 Å². The first-order valence-electron chi connectivity index (χ1n) is 9.22. The fraction of sp³-hybridized carbons (Fsp3) is 0.0909. The highest BCUT2D eigenvalue weighted by Gasteiger charge is 2.17. The third-order valence-corrected chi connectivity index (χ3v) is 5.56. The van der Waals surface area contributed by atoms with Gasteiger partial charge in [-0.3, -0.25) is 14.3 Å². The van der Waals surface area contributed by atoms with Crippen molar-refractivity contribution in [2.45, 2.75) is 12.1 Å². The first-order valence-corrected chi connectivity index (χ1v) is 10.6. The molecule has 0 aliphatic carbocycles. The fourth-order valence-corrected chi connectivity index (χ4v) is 3.93. The Labute approximate surface area is 183 Å². The number of nitrogens with zero attached hydrogens (tertiary/aromatic N) is 4. The van der Waals surface area contributed by atoms with Crippen LogP contribution in [0.25, 0.3) is 17.1 Å². The van der Waals surface area contributed by atoms with Crippen LogP contribution in [-0.2, 0) is 4.79 Å². The van der Waals surface area contributed by atoms with E-state index in [2.05, 4.69) is 20.5 Å². The predicted molar refractivity (Wildman–Crippen MR) is 120 cm³/mol. The van der Waals surface area contributed by atoms with Crippen LogP contribution in [0.3, 0.4) is 0 Å². The van der Waals surface area contributed by atoms with Gasteiger partial charge in [-0.05, 0) is 48.9 Å². The number of hydrogen-bond acceptors (Lipinski definition) is 5. The molecule has 2 aromatic heterocycles. The molecular weight excluding hydrogens is 418 g/mol. The summed E-state index contributed by atoms with van der Waals surface area (Å²) in [6, 6.07) is 19.1. The number of hydrogen-bond donors (Lipinski definition) is 1. The number of aryl methyl sites for hydroxylation is 1. The minimum atomic E-state index is -0.168. The second-order valence-corrected chi connectivity index (χ2v) is 7.88. The molecule has 8 heteroatoms. The molecule has 0 radical (unpaired) electrons. The van der Waals surface area contributed by atoms with Crippen molar-refractivity contribution in [1.82, 2.24) is 19.7 Å². The van der Waals surface area contributed by atoms with E-state index in [1.165, 1.54) is 11.8 Å². The van der Waals surface area contributed by atoms with Crippen molar-refractivity contribution in [3.63, 3.8) is 0 Å². The normalized spacial score (nSPS) is 10.7. The molecule has 0 bridgehead atoms. The Hall–Kier alpha value is -3.16. The second-order valence-electron chi connectivity index (χ2n) is 6.53. The Balaban J connectivity index is 1.57. The first kappa shape index (κ1) is 20.1. The number of anilines is 1. The van der Waals surface area contributed by atoms with Crippen molar-refractivity contribution in [1.29, 1.82) is 0 Å². The van der Waals surface area contributed by atoms with Crippen LogP contribution in [0.1, 0.15) is 5.56 Å². The van der Waals surface area contributed by atoms with E-state index in [4.69, 9.17) is 11.6 Å². The zero-order valence-corrected chi connectivity index (χ0v) is 17.7. The van der Waals surface area contributed by atoms with Crippen molar-refractivity contribution in [3.05, 3.63) is 83.6 Å². The smallest absolute Gasteiger partial charge is 0.234 e. The number of para-hydroxylation sites is 1. The third kappa shape index (κ3) is 4.53. The number of thioether (sulfide) groups is 1. The molecule has 0 unspecified atom stereocenters. The van der Waals surface area contributed by atoms with E-state index in [1.807, 2.05) is 66.1 Å². The average Bonchev–Trinajstić information content (AvgIpc) is 3.19. The lowest BCUT2D eigenvalue weighted by molar-refractivity contribution is -0.113. The Morgan fingerprint density at radius 2 is 1.83 bits per heavy atom. The molecule has 6 nitrogen and oxygen atoms in total. The first-order chi connectivity index (χ1) is 14.6. The van der Waals surface area contributed by atoms with Gasteiger partial charge in [0, 0.05) is 23.6 Å². The molecule has 2 aromatic carbocycles. The van der Waals surface area contributed by atoms with E-state index in [1.54, 1.807) is 18.5 Å². The van der Waals surface area contributed by atoms with E-state index in [0.717, 1.165) is 16.8 Å². The zero-order chi connectivity index (χ0) is 20.9. The minimum absolute atomic E-state index is 0.168. The van der Waals surface area contributed by atoms with Gasteiger partial charge < -0.3 is 5.32 Å². The van der Waals surface area contributed by atoms with Crippen LogP contribution in [0.2, 0.25) is 5.02 Å². The van der Waals surface area contributed by atoms with Gasteiger partial charge in [0.25, 0.3) is 0 Å². The van der Waals surface area contributed by atoms with Crippen LogP contribution in [0.4, 0.5) is 5.69 Å². The van der Waals surface area contributed by atoms with Gasteiger partial charge in [0.15, 0.2) is 11.0 Å². The van der Waals surface area contributed by atoms with Crippen LogP contribution in [0.15, 0.2) is 78.2 Å². The van der Waals surface area contributed by atoms with Gasteiger partial charge >= 0.3 is 0 Å². The van der Waals surface area contributed by atoms with Crippen LogP contribution < -0.4 is 5.32 Å². The number of halogens is 1. The summed E-state index contributed by atoms with van der Waals surface area (Å²) in [6.45, 7) is 1.95. The Morgan fingerprint density at radius 1 is 1.07 bits per heavy atom. The number of pyridine rings is 1. The maximum Gasteiger partial charge on any atom is 0.234 e. The SMILES string of the molecule is Cc1ccc(NC(=O)CSc2nnc(-c3ccncc3)n2-c2ccccc2)c(Cl)c1. The molecule has 4 aromatic rings. The van der Waals surface area contributed by atoms with E-state index >= 15 is 0 Å². The average molecular weight is 436 g/mol. The molecule has 0 atom stereocenters. The third-order valence-electron chi connectivity index (χ3n) is 4.32. The number of rotatable bonds is 6. The summed E-state index contributed by atoms with van der Waals surface area (Å²) in [5, 5.41) is 12.7. The van der Waals surface area contributed by atoms with Crippen molar-refractivity contribution in [2.24, 2.45) is 0 Å². The second kappa shape index (κ2) is 9.11. The van der Waals surface area contributed by atoms with E-state index in [9.17, 15) is 4.79 Å². The van der Waals surface area contributed by atoms with Gasteiger partial charge in [-0.2, -0.15) is 0 Å². The van der Waals surface area contributed by atoms with Gasteiger partial charge in [0.1, 0.15) is 0 Å². The predicted octanol–water partition coefficient (Wildman–Crippen LogP) is 5.02. The Kier molecular flexibility index (Phi) is 6.11. The van der Waals surface area contributed by atoms with Crippen LogP contribution >= 0.6 is 23.4 Å². The zero-order valence-electron chi connectivity index (χ0n) is 16.1. The maximum absolute atomic E-state index is 12.5. The fourth-order valence-electron chi connectivity index (χ4n) is 2.90. The highest BCUT2D eigenvalue weighted by molar-refractivity contribution is 7.99. The number of amides is 1. The van der Waals surface area contributed by atoms with Gasteiger partial charge in [-0.1, -0.05) is 47.6 Å². The van der Waals surface area contributed by atoms with Crippen LogP contribution in [-0.4, -0.2) is 31.4 Å². The molecule has 150 valence electrons. The maximum atomic E-state index is 12.5. The van der Waals surface area contributed by atoms with Crippen LogP contribution in [0.5, 0.6) is 0 Å². The highest BCUT2D eigenvalue weighted by Crippen LogP contribution is 2.28. The van der Waals surface area contributed by atoms with Crippen LogP contribution in [0, 0.1) is 6.92 Å². The summed E-state index contributed by atoms with van der Waals surface area (Å²) >= 11 is 7.53. The number of carbonyl (C=O) groups is 1. The standard InChI is InChI=1S/C22H18ClN5OS/c1-15-7-8-19(18(23)13-15)25-20(29)14-30-22-27-26-21(16-9-11-24-12-10-16)28(22)17-5-3-2-4-6-17/h2-13H,14H2,1H3,(H,25,29). The molecule has 0 aliphatic heterocycles. The molecule has 0 saturated heterocycles. The lowest BCUT2D eigenvalue weighted by atomic mass is 10.2.